The first-order valence-electron chi connectivity index (χ1n) is 15.3. The summed E-state index contributed by atoms with van der Waals surface area (Å²) in [5, 5.41) is 0. The molecule has 0 atom stereocenters. The minimum Gasteiger partial charge on any atom is -0.744 e. The van der Waals surface area contributed by atoms with Crippen LogP contribution in [0.1, 0.15) is 81.9 Å². The van der Waals surface area contributed by atoms with Gasteiger partial charge in [0.05, 0.1) is 15.8 Å². The standard InChI is InChI=1S/C30H39S.C7H8O3S/c1-3-5-7-10-14-26-18-22-29(23-19-26)31(28-16-12-9-13-17-28)30-24-20-27(21-25-30)15-11-8-6-4-2;1-6-2-4-7(5-3-6)11(8,9)10/h9,12-13,16-25H,3-8,10-11,14-15H2,1-2H3;2-5H,1H3,(H,8,9,10)/q+1;/p-1. The van der Waals surface area contributed by atoms with Crippen LogP contribution in [0.2, 0.25) is 0 Å². The summed E-state index contributed by atoms with van der Waals surface area (Å²) in [5.74, 6) is 0. The monoisotopic (exact) mass is 602 g/mol. The third-order valence-electron chi connectivity index (χ3n) is 7.24. The number of aryl methyl sites for hydroxylation is 3. The maximum atomic E-state index is 10.4. The molecule has 0 aromatic heterocycles. The fourth-order valence-corrected chi connectivity index (χ4v) is 7.30. The second-order valence-electron chi connectivity index (χ2n) is 10.8. The molecule has 0 unspecified atom stereocenters. The molecule has 0 aliphatic carbocycles. The third-order valence-corrected chi connectivity index (χ3v) is 10.3. The Morgan fingerprint density at radius 2 is 0.976 bits per heavy atom. The van der Waals surface area contributed by atoms with Crippen LogP contribution in [0.25, 0.3) is 0 Å². The van der Waals surface area contributed by atoms with Crippen LogP contribution in [-0.2, 0) is 33.9 Å². The van der Waals surface area contributed by atoms with Gasteiger partial charge in [-0.2, -0.15) is 0 Å². The summed E-state index contributed by atoms with van der Waals surface area (Å²) < 4.78 is 31.2. The highest BCUT2D eigenvalue weighted by atomic mass is 32.2. The summed E-state index contributed by atoms with van der Waals surface area (Å²) in [5.41, 5.74) is 3.87. The topological polar surface area (TPSA) is 57.2 Å². The molecule has 4 aromatic carbocycles. The van der Waals surface area contributed by atoms with Crippen molar-refractivity contribution >= 4 is 21.0 Å². The van der Waals surface area contributed by atoms with Crippen molar-refractivity contribution in [2.75, 3.05) is 0 Å². The Labute approximate surface area is 257 Å². The Morgan fingerprint density at radius 3 is 1.38 bits per heavy atom. The van der Waals surface area contributed by atoms with E-state index in [0.29, 0.717) is 0 Å². The van der Waals surface area contributed by atoms with Gasteiger partial charge in [-0.25, -0.2) is 8.42 Å². The second kappa shape index (κ2) is 17.9. The van der Waals surface area contributed by atoms with Crippen LogP contribution in [0.3, 0.4) is 0 Å². The maximum absolute atomic E-state index is 10.4. The minimum atomic E-state index is -4.27. The first-order chi connectivity index (χ1) is 20.3. The average molecular weight is 603 g/mol. The minimum absolute atomic E-state index is 0.0487. The van der Waals surface area contributed by atoms with Crippen molar-refractivity contribution in [2.45, 2.75) is 105 Å². The Kier molecular flexibility index (Phi) is 14.4. The lowest BCUT2D eigenvalue weighted by atomic mass is 10.1. The molecule has 0 aliphatic rings. The second-order valence-corrected chi connectivity index (χ2v) is 14.2. The SMILES string of the molecule is CCCCCCc1ccc([S+](c2ccccc2)c2ccc(CCCCCC)cc2)cc1.Cc1ccc(S(=O)(=O)[O-])cc1. The molecule has 0 aliphatic heterocycles. The fraction of sp³-hybridized carbons (Fsp3) is 0.351. The van der Waals surface area contributed by atoms with E-state index in [1.165, 1.54) is 102 Å². The quantitative estimate of drug-likeness (QED) is 0.0820. The predicted molar refractivity (Wildman–Crippen MR) is 176 cm³/mol. The van der Waals surface area contributed by atoms with Gasteiger partial charge >= 0.3 is 0 Å². The van der Waals surface area contributed by atoms with Crippen molar-refractivity contribution in [3.05, 3.63) is 120 Å². The molecule has 224 valence electrons. The molecular weight excluding hydrogens is 557 g/mol. The third kappa shape index (κ3) is 11.4. The van der Waals surface area contributed by atoms with Gasteiger partial charge in [-0.3, -0.25) is 0 Å². The largest absolute Gasteiger partial charge is 0.744 e. The lowest BCUT2D eigenvalue weighted by molar-refractivity contribution is 0.463. The summed E-state index contributed by atoms with van der Waals surface area (Å²) in [7, 11) is -4.32. The molecule has 0 heterocycles. The zero-order valence-corrected chi connectivity index (χ0v) is 27.1. The summed E-state index contributed by atoms with van der Waals surface area (Å²) in [6.07, 6.45) is 13.0. The Balaban J connectivity index is 0.000000369. The van der Waals surface area contributed by atoms with Crippen LogP contribution in [0, 0.1) is 6.92 Å². The van der Waals surface area contributed by atoms with Gasteiger partial charge in [-0.05, 0) is 92.3 Å². The molecule has 4 rings (SSSR count). The summed E-state index contributed by atoms with van der Waals surface area (Å²) in [6.45, 7) is 6.37. The summed E-state index contributed by atoms with van der Waals surface area (Å²) in [4.78, 5) is 4.05. The van der Waals surface area contributed by atoms with Crippen LogP contribution < -0.4 is 0 Å². The number of unbranched alkanes of at least 4 members (excludes halogenated alkanes) is 6. The first-order valence-corrected chi connectivity index (χ1v) is 17.9. The normalized spacial score (nSPS) is 11.3. The number of hydrogen-bond acceptors (Lipinski definition) is 3. The van der Waals surface area contributed by atoms with Gasteiger partial charge in [0.1, 0.15) is 10.1 Å². The molecule has 42 heavy (non-hydrogen) atoms. The molecule has 0 amide bonds. The number of benzene rings is 4. The van der Waals surface area contributed by atoms with Gasteiger partial charge in [0.15, 0.2) is 14.7 Å². The van der Waals surface area contributed by atoms with Crippen LogP contribution in [-0.4, -0.2) is 13.0 Å². The van der Waals surface area contributed by atoms with E-state index in [1.54, 1.807) is 12.1 Å². The van der Waals surface area contributed by atoms with Gasteiger partial charge in [-0.15, -0.1) is 0 Å². The predicted octanol–water partition coefficient (Wildman–Crippen LogP) is 9.93. The average Bonchev–Trinajstić information content (AvgIpc) is 3.00. The molecule has 0 radical (unpaired) electrons. The number of hydrogen-bond donors (Lipinski definition) is 0. The van der Waals surface area contributed by atoms with Crippen LogP contribution in [0.15, 0.2) is 123 Å². The van der Waals surface area contributed by atoms with Crippen molar-refractivity contribution in [1.29, 1.82) is 0 Å². The van der Waals surface area contributed by atoms with Crippen molar-refractivity contribution in [3.8, 4) is 0 Å². The molecule has 5 heteroatoms. The fourth-order valence-electron chi connectivity index (χ4n) is 4.77. The van der Waals surface area contributed by atoms with E-state index >= 15 is 0 Å². The van der Waals surface area contributed by atoms with Crippen molar-refractivity contribution < 1.29 is 13.0 Å². The molecule has 0 bridgehead atoms. The highest BCUT2D eigenvalue weighted by Gasteiger charge is 2.28. The molecule has 0 N–H and O–H groups in total. The number of rotatable bonds is 14. The maximum Gasteiger partial charge on any atom is 0.166 e. The van der Waals surface area contributed by atoms with Gasteiger partial charge in [-0.1, -0.05) is 113 Å². The van der Waals surface area contributed by atoms with Gasteiger partial charge in [0, 0.05) is 0 Å². The van der Waals surface area contributed by atoms with Crippen molar-refractivity contribution in [3.63, 3.8) is 0 Å². The zero-order chi connectivity index (χ0) is 30.2. The van der Waals surface area contributed by atoms with Crippen LogP contribution >= 0.6 is 0 Å². The lowest BCUT2D eigenvalue weighted by Gasteiger charge is -2.10. The van der Waals surface area contributed by atoms with E-state index in [4.69, 9.17) is 0 Å². The van der Waals surface area contributed by atoms with Crippen molar-refractivity contribution in [2.24, 2.45) is 0 Å². The molecule has 4 aromatic rings. The summed E-state index contributed by atoms with van der Waals surface area (Å²) >= 11 is 0. The van der Waals surface area contributed by atoms with Crippen LogP contribution in [0.5, 0.6) is 0 Å². The molecule has 0 fully saturated rings. The Bertz CT molecular complexity index is 1340. The van der Waals surface area contributed by atoms with Gasteiger partial charge < -0.3 is 4.55 Å². The smallest absolute Gasteiger partial charge is 0.166 e. The van der Waals surface area contributed by atoms with E-state index in [2.05, 4.69) is 92.7 Å². The van der Waals surface area contributed by atoms with E-state index < -0.39 is 10.1 Å². The van der Waals surface area contributed by atoms with E-state index in [9.17, 15) is 13.0 Å². The zero-order valence-electron chi connectivity index (χ0n) is 25.4. The highest BCUT2D eigenvalue weighted by Crippen LogP contribution is 2.31. The molecule has 0 spiro atoms. The van der Waals surface area contributed by atoms with Crippen LogP contribution in [0.4, 0.5) is 0 Å². The van der Waals surface area contributed by atoms with E-state index in [-0.39, 0.29) is 15.8 Å². The highest BCUT2D eigenvalue weighted by molar-refractivity contribution is 7.97. The molecule has 0 saturated heterocycles. The Morgan fingerprint density at radius 1 is 0.548 bits per heavy atom. The van der Waals surface area contributed by atoms with Gasteiger partial charge in [0.25, 0.3) is 0 Å². The van der Waals surface area contributed by atoms with E-state index in [1.807, 2.05) is 6.92 Å². The summed E-state index contributed by atoms with van der Waals surface area (Å²) in [6, 6.07) is 35.7. The lowest BCUT2D eigenvalue weighted by Crippen LogP contribution is -2.05. The van der Waals surface area contributed by atoms with Crippen molar-refractivity contribution in [1.82, 2.24) is 0 Å². The first kappa shape index (κ1) is 33.6. The molecular formula is C37H46O3S2. The van der Waals surface area contributed by atoms with E-state index in [0.717, 1.165) is 5.56 Å². The van der Waals surface area contributed by atoms with Gasteiger partial charge in [0.2, 0.25) is 0 Å². The molecule has 0 saturated carbocycles. The molecule has 3 nitrogen and oxygen atoms in total. The Hall–Kier alpha value is -2.86.